The van der Waals surface area contributed by atoms with E-state index in [-0.39, 0.29) is 10.8 Å². The number of anilines is 1. The summed E-state index contributed by atoms with van der Waals surface area (Å²) in [6, 6.07) is 13.1. The van der Waals surface area contributed by atoms with E-state index >= 15 is 0 Å². The highest BCUT2D eigenvalue weighted by molar-refractivity contribution is 7.89. The molecule has 1 atom stereocenters. The summed E-state index contributed by atoms with van der Waals surface area (Å²) in [4.78, 5) is 12.3. The van der Waals surface area contributed by atoms with Gasteiger partial charge < -0.3 is 10.1 Å². The van der Waals surface area contributed by atoms with Gasteiger partial charge in [-0.25, -0.2) is 13.6 Å². The van der Waals surface area contributed by atoms with Crippen LogP contribution in [0.4, 0.5) is 5.69 Å². The molecule has 0 aliphatic heterocycles. The molecule has 0 spiro atoms. The van der Waals surface area contributed by atoms with Gasteiger partial charge >= 0.3 is 0 Å². The lowest BCUT2D eigenvalue weighted by molar-refractivity contribution is -0.122. The van der Waals surface area contributed by atoms with E-state index in [1.54, 1.807) is 0 Å². The van der Waals surface area contributed by atoms with Crippen LogP contribution in [0.2, 0.25) is 0 Å². The summed E-state index contributed by atoms with van der Waals surface area (Å²) >= 11 is 0. The molecule has 0 radical (unpaired) electrons. The van der Waals surface area contributed by atoms with E-state index in [0.717, 1.165) is 5.56 Å². The van der Waals surface area contributed by atoms with Gasteiger partial charge in [-0.1, -0.05) is 24.6 Å². The second-order valence-electron chi connectivity index (χ2n) is 5.39. The van der Waals surface area contributed by atoms with E-state index in [0.29, 0.717) is 17.9 Å². The normalized spacial score (nSPS) is 12.5. The number of amides is 1. The molecule has 7 heteroatoms. The Morgan fingerprint density at radius 2 is 1.71 bits per heavy atom. The van der Waals surface area contributed by atoms with Gasteiger partial charge in [-0.15, -0.1) is 0 Å². The Hall–Kier alpha value is -2.38. The molecule has 0 saturated carbocycles. The van der Waals surface area contributed by atoms with Gasteiger partial charge in [-0.3, -0.25) is 4.79 Å². The number of rotatable bonds is 6. The van der Waals surface area contributed by atoms with Crippen LogP contribution in [0.1, 0.15) is 18.9 Å². The quantitative estimate of drug-likeness (QED) is 0.837. The molecule has 0 bridgehead atoms. The topological polar surface area (TPSA) is 98.5 Å². The molecule has 0 fully saturated rings. The summed E-state index contributed by atoms with van der Waals surface area (Å²) in [6.07, 6.45) is -0.153. The maximum atomic E-state index is 12.3. The Labute approximate surface area is 141 Å². The monoisotopic (exact) mass is 348 g/mol. The summed E-state index contributed by atoms with van der Waals surface area (Å²) in [7, 11) is -3.75. The number of benzene rings is 2. The predicted molar refractivity (Wildman–Crippen MR) is 92.3 cm³/mol. The number of nitrogens with two attached hydrogens (primary N) is 1. The molecule has 0 unspecified atom stereocenters. The van der Waals surface area contributed by atoms with Gasteiger partial charge in [0, 0.05) is 5.69 Å². The molecule has 2 rings (SSSR count). The maximum Gasteiger partial charge on any atom is 0.265 e. The average Bonchev–Trinajstić information content (AvgIpc) is 2.54. The fourth-order valence-electron chi connectivity index (χ4n) is 2.05. The Morgan fingerprint density at radius 3 is 2.21 bits per heavy atom. The van der Waals surface area contributed by atoms with E-state index < -0.39 is 16.1 Å². The lowest BCUT2D eigenvalue weighted by atomic mass is 10.2. The van der Waals surface area contributed by atoms with Crippen molar-refractivity contribution >= 4 is 21.6 Å². The van der Waals surface area contributed by atoms with Crippen molar-refractivity contribution in [2.45, 2.75) is 31.3 Å². The summed E-state index contributed by atoms with van der Waals surface area (Å²) in [5.74, 6) is 0.314. The highest BCUT2D eigenvalue weighted by atomic mass is 32.2. The first-order chi connectivity index (χ1) is 11.3. The van der Waals surface area contributed by atoms with Crippen LogP contribution in [0.25, 0.3) is 0 Å². The number of hydrogen-bond donors (Lipinski definition) is 2. The van der Waals surface area contributed by atoms with Crippen LogP contribution in [0.15, 0.2) is 53.4 Å². The highest BCUT2D eigenvalue weighted by Gasteiger charge is 2.18. The maximum absolute atomic E-state index is 12.3. The number of primary sulfonamides is 1. The minimum absolute atomic E-state index is 0.0107. The third kappa shape index (κ3) is 4.81. The lowest BCUT2D eigenvalue weighted by Gasteiger charge is -2.17. The molecular weight excluding hydrogens is 328 g/mol. The fraction of sp³-hybridized carbons (Fsp3) is 0.235. The van der Waals surface area contributed by atoms with Crippen molar-refractivity contribution in [3.05, 3.63) is 54.1 Å². The molecule has 3 N–H and O–H groups in total. The molecule has 128 valence electrons. The van der Waals surface area contributed by atoms with Gasteiger partial charge in [0.05, 0.1) is 4.90 Å². The van der Waals surface area contributed by atoms with Gasteiger partial charge in [-0.2, -0.15) is 0 Å². The molecule has 0 aliphatic rings. The minimum atomic E-state index is -3.75. The van der Waals surface area contributed by atoms with Crippen LogP contribution in [0.5, 0.6) is 5.75 Å². The Balaban J connectivity index is 2.05. The summed E-state index contributed by atoms with van der Waals surface area (Å²) in [5, 5.41) is 7.74. The highest BCUT2D eigenvalue weighted by Crippen LogP contribution is 2.17. The predicted octanol–water partition coefficient (Wildman–Crippen LogP) is 2.44. The van der Waals surface area contributed by atoms with Crippen molar-refractivity contribution in [3.8, 4) is 5.75 Å². The molecular formula is C17H20N2O4S. The zero-order chi connectivity index (χ0) is 17.7. The van der Waals surface area contributed by atoms with Gasteiger partial charge in [0.1, 0.15) is 5.75 Å². The van der Waals surface area contributed by atoms with E-state index in [2.05, 4.69) is 5.32 Å². The summed E-state index contributed by atoms with van der Waals surface area (Å²) in [5.41, 5.74) is 1.58. The molecule has 0 heterocycles. The van der Waals surface area contributed by atoms with Crippen LogP contribution in [0, 0.1) is 6.92 Å². The third-order valence-electron chi connectivity index (χ3n) is 3.41. The standard InChI is InChI=1S/C17H20N2O4S/c1-3-16(23-14-8-4-12(2)5-9-14)17(20)19-13-6-10-15(11-7-13)24(18,21)22/h4-11,16H,3H2,1-2H3,(H,19,20)(H2,18,21,22)/t16-/m1/s1. The first-order valence-electron chi connectivity index (χ1n) is 7.46. The number of carbonyl (C=O) groups is 1. The van der Waals surface area contributed by atoms with Crippen molar-refractivity contribution in [1.82, 2.24) is 0 Å². The number of ether oxygens (including phenoxy) is 1. The van der Waals surface area contributed by atoms with E-state index in [4.69, 9.17) is 9.88 Å². The SMILES string of the molecule is CC[C@@H](Oc1ccc(C)cc1)C(=O)Nc1ccc(S(N)(=O)=O)cc1. The van der Waals surface area contributed by atoms with Crippen molar-refractivity contribution in [3.63, 3.8) is 0 Å². The van der Waals surface area contributed by atoms with Crippen molar-refractivity contribution in [2.24, 2.45) is 5.14 Å². The van der Waals surface area contributed by atoms with Gasteiger partial charge in [0.15, 0.2) is 6.10 Å². The van der Waals surface area contributed by atoms with Crippen molar-refractivity contribution < 1.29 is 17.9 Å². The molecule has 2 aromatic carbocycles. The Kier molecular flexibility index (Phi) is 5.58. The zero-order valence-corrected chi connectivity index (χ0v) is 14.3. The summed E-state index contributed by atoms with van der Waals surface area (Å²) < 4.78 is 28.1. The van der Waals surface area contributed by atoms with Crippen LogP contribution in [-0.4, -0.2) is 20.4 Å². The first-order valence-corrected chi connectivity index (χ1v) is 9.01. The lowest BCUT2D eigenvalue weighted by Crippen LogP contribution is -2.32. The number of carbonyl (C=O) groups excluding carboxylic acids is 1. The minimum Gasteiger partial charge on any atom is -0.481 e. The average molecular weight is 348 g/mol. The van der Waals surface area contributed by atoms with Crippen molar-refractivity contribution in [2.75, 3.05) is 5.32 Å². The van der Waals surface area contributed by atoms with Gasteiger partial charge in [0.25, 0.3) is 5.91 Å². The van der Waals surface area contributed by atoms with E-state index in [1.807, 2.05) is 38.1 Å². The molecule has 0 saturated heterocycles. The summed E-state index contributed by atoms with van der Waals surface area (Å²) in [6.45, 7) is 3.82. The van der Waals surface area contributed by atoms with Crippen LogP contribution >= 0.6 is 0 Å². The Bertz CT molecular complexity index is 799. The third-order valence-corrected chi connectivity index (χ3v) is 4.34. The van der Waals surface area contributed by atoms with Crippen LogP contribution in [-0.2, 0) is 14.8 Å². The molecule has 0 aliphatic carbocycles. The second-order valence-corrected chi connectivity index (χ2v) is 6.95. The van der Waals surface area contributed by atoms with E-state index in [9.17, 15) is 13.2 Å². The fourth-order valence-corrected chi connectivity index (χ4v) is 2.57. The first kappa shape index (κ1) is 18.0. The largest absolute Gasteiger partial charge is 0.481 e. The van der Waals surface area contributed by atoms with Crippen molar-refractivity contribution in [1.29, 1.82) is 0 Å². The molecule has 0 aromatic heterocycles. The number of aryl methyl sites for hydroxylation is 1. The molecule has 24 heavy (non-hydrogen) atoms. The van der Waals surface area contributed by atoms with Gasteiger partial charge in [0.2, 0.25) is 10.0 Å². The van der Waals surface area contributed by atoms with Crippen LogP contribution < -0.4 is 15.2 Å². The second kappa shape index (κ2) is 7.46. The van der Waals surface area contributed by atoms with Gasteiger partial charge in [-0.05, 0) is 49.7 Å². The smallest absolute Gasteiger partial charge is 0.265 e. The zero-order valence-electron chi connectivity index (χ0n) is 13.5. The number of sulfonamides is 1. The molecule has 2 aromatic rings. The number of nitrogens with one attached hydrogen (secondary N) is 1. The number of hydrogen-bond acceptors (Lipinski definition) is 4. The van der Waals surface area contributed by atoms with E-state index in [1.165, 1.54) is 24.3 Å². The molecule has 6 nitrogen and oxygen atoms in total. The molecule has 1 amide bonds. The Morgan fingerprint density at radius 1 is 1.12 bits per heavy atom. The van der Waals surface area contributed by atoms with Crippen LogP contribution in [0.3, 0.4) is 0 Å².